The zero-order valence-corrected chi connectivity index (χ0v) is 19.1. The molecule has 9 heteroatoms. The Kier molecular flexibility index (Phi) is 8.44. The van der Waals surface area contributed by atoms with Crippen molar-refractivity contribution in [1.29, 1.82) is 0 Å². The van der Waals surface area contributed by atoms with E-state index in [4.69, 9.17) is 4.74 Å². The fourth-order valence-corrected chi connectivity index (χ4v) is 4.50. The van der Waals surface area contributed by atoms with Gasteiger partial charge in [-0.25, -0.2) is 14.4 Å². The monoisotopic (exact) mass is 461 g/mol. The van der Waals surface area contributed by atoms with Crippen molar-refractivity contribution in [2.75, 3.05) is 19.4 Å². The van der Waals surface area contributed by atoms with Crippen LogP contribution in [-0.2, 0) is 16.0 Å². The highest BCUT2D eigenvalue weighted by Gasteiger charge is 2.25. The molecule has 0 unspecified atom stereocenters. The van der Waals surface area contributed by atoms with E-state index in [1.807, 2.05) is 12.1 Å². The first-order valence-electron chi connectivity index (χ1n) is 10.7. The molecule has 1 aromatic carbocycles. The van der Waals surface area contributed by atoms with Crippen molar-refractivity contribution >= 4 is 23.6 Å². The molecule has 0 saturated heterocycles. The van der Waals surface area contributed by atoms with E-state index in [1.165, 1.54) is 23.9 Å². The number of nitrogens with one attached hydrogen (secondary N) is 1. The third kappa shape index (κ3) is 6.18. The zero-order chi connectivity index (χ0) is 23.1. The number of carbonyl (C=O) groups excluding carboxylic acids is 2. The second kappa shape index (κ2) is 11.3. The fourth-order valence-electron chi connectivity index (χ4n) is 4.01. The summed E-state index contributed by atoms with van der Waals surface area (Å²) >= 11 is 1.23. The van der Waals surface area contributed by atoms with Crippen molar-refractivity contribution in [3.63, 3.8) is 0 Å². The van der Waals surface area contributed by atoms with Gasteiger partial charge in [0.15, 0.2) is 11.4 Å². The fraction of sp³-hybridized carbons (Fsp3) is 0.478. The molecular formula is C23H28FN3O4S. The van der Waals surface area contributed by atoms with Crippen molar-refractivity contribution < 1.29 is 23.8 Å². The van der Waals surface area contributed by atoms with Gasteiger partial charge in [-0.15, -0.1) is 11.8 Å². The summed E-state index contributed by atoms with van der Waals surface area (Å²) in [6.07, 6.45) is 6.31. The Morgan fingerprint density at radius 3 is 2.50 bits per heavy atom. The minimum atomic E-state index is -0.644. The number of aromatic nitrogens is 2. The predicted octanol–water partition coefficient (Wildman–Crippen LogP) is 3.85. The molecule has 0 bridgehead atoms. The molecule has 2 aromatic rings. The van der Waals surface area contributed by atoms with E-state index in [0.29, 0.717) is 29.1 Å². The van der Waals surface area contributed by atoms with Crippen molar-refractivity contribution in [2.24, 2.45) is 5.92 Å². The standard InChI is InChI=1S/C23H28FN3O4S/c1-3-31-19(28)13-25-22(30)20-21(29)23(32-2)27-18(26-20)12-14-4-6-15(7-5-14)16-8-10-17(24)11-9-16/h8-11,14-15,29H,3-7,12-13H2,1-2H3,(H,25,30). The van der Waals surface area contributed by atoms with Crippen LogP contribution in [0.3, 0.4) is 0 Å². The lowest BCUT2D eigenvalue weighted by Gasteiger charge is -2.28. The number of esters is 1. The summed E-state index contributed by atoms with van der Waals surface area (Å²) in [6, 6.07) is 6.72. The SMILES string of the molecule is CCOC(=O)CNC(=O)c1nc(CC2CCC(c3ccc(F)cc3)CC2)nc(SC)c1O. The normalized spacial score (nSPS) is 18.2. The molecule has 1 aromatic heterocycles. The van der Waals surface area contributed by atoms with E-state index >= 15 is 0 Å². The maximum atomic E-state index is 13.2. The molecule has 1 aliphatic carbocycles. The zero-order valence-electron chi connectivity index (χ0n) is 18.3. The number of amides is 1. The largest absolute Gasteiger partial charge is 0.503 e. The van der Waals surface area contributed by atoms with Gasteiger partial charge in [0.05, 0.1) is 6.61 Å². The Bertz CT molecular complexity index is 947. The van der Waals surface area contributed by atoms with E-state index in [9.17, 15) is 19.1 Å². The Morgan fingerprint density at radius 2 is 1.88 bits per heavy atom. The maximum Gasteiger partial charge on any atom is 0.325 e. The van der Waals surface area contributed by atoms with Gasteiger partial charge < -0.3 is 15.2 Å². The third-order valence-electron chi connectivity index (χ3n) is 5.66. The van der Waals surface area contributed by atoms with E-state index < -0.39 is 11.9 Å². The van der Waals surface area contributed by atoms with E-state index in [1.54, 1.807) is 13.2 Å². The minimum absolute atomic E-state index is 0.136. The number of halogens is 1. The number of nitrogens with zero attached hydrogens (tertiary/aromatic N) is 2. The molecule has 0 radical (unpaired) electrons. The molecule has 1 heterocycles. The number of aromatic hydroxyl groups is 1. The van der Waals surface area contributed by atoms with Crippen LogP contribution in [0, 0.1) is 11.7 Å². The predicted molar refractivity (Wildman–Crippen MR) is 119 cm³/mol. The van der Waals surface area contributed by atoms with Crippen LogP contribution in [0.15, 0.2) is 29.3 Å². The van der Waals surface area contributed by atoms with Gasteiger partial charge in [-0.2, -0.15) is 0 Å². The molecule has 0 aliphatic heterocycles. The van der Waals surface area contributed by atoms with Gasteiger partial charge in [0.2, 0.25) is 0 Å². The van der Waals surface area contributed by atoms with Gasteiger partial charge in [-0.05, 0) is 68.4 Å². The molecule has 1 aliphatic rings. The second-order valence-corrected chi connectivity index (χ2v) is 8.60. The van der Waals surface area contributed by atoms with Crippen LogP contribution in [0.5, 0.6) is 5.75 Å². The summed E-state index contributed by atoms with van der Waals surface area (Å²) in [4.78, 5) is 32.7. The van der Waals surface area contributed by atoms with Crippen molar-refractivity contribution in [1.82, 2.24) is 15.3 Å². The average molecular weight is 462 g/mol. The van der Waals surface area contributed by atoms with Crippen molar-refractivity contribution in [3.05, 3.63) is 47.2 Å². The topological polar surface area (TPSA) is 101 Å². The molecule has 2 N–H and O–H groups in total. The van der Waals surface area contributed by atoms with Gasteiger partial charge in [0, 0.05) is 6.42 Å². The van der Waals surface area contributed by atoms with Crippen LogP contribution in [0.4, 0.5) is 4.39 Å². The molecule has 32 heavy (non-hydrogen) atoms. The summed E-state index contributed by atoms with van der Waals surface area (Å²) in [7, 11) is 0. The molecular weight excluding hydrogens is 433 g/mol. The first-order valence-corrected chi connectivity index (χ1v) is 12.0. The quantitative estimate of drug-likeness (QED) is 0.350. The van der Waals surface area contributed by atoms with Gasteiger partial charge in [-0.1, -0.05) is 12.1 Å². The molecule has 172 valence electrons. The lowest BCUT2D eigenvalue weighted by atomic mass is 9.77. The summed E-state index contributed by atoms with van der Waals surface area (Å²) in [5.74, 6) is -0.438. The minimum Gasteiger partial charge on any atom is -0.503 e. The summed E-state index contributed by atoms with van der Waals surface area (Å²) in [6.45, 7) is 1.60. The van der Waals surface area contributed by atoms with Crippen LogP contribution < -0.4 is 5.32 Å². The van der Waals surface area contributed by atoms with Crippen LogP contribution in [0.2, 0.25) is 0 Å². The first-order chi connectivity index (χ1) is 15.4. The Labute approximate surface area is 191 Å². The van der Waals surface area contributed by atoms with Gasteiger partial charge in [0.1, 0.15) is 23.2 Å². The van der Waals surface area contributed by atoms with Crippen molar-refractivity contribution in [2.45, 2.75) is 50.0 Å². The highest BCUT2D eigenvalue weighted by Crippen LogP contribution is 2.37. The van der Waals surface area contributed by atoms with Gasteiger partial charge in [-0.3, -0.25) is 9.59 Å². The lowest BCUT2D eigenvalue weighted by Crippen LogP contribution is -2.31. The number of thioether (sulfide) groups is 1. The molecule has 1 amide bonds. The molecule has 1 saturated carbocycles. The third-order valence-corrected chi connectivity index (χ3v) is 6.34. The second-order valence-electron chi connectivity index (χ2n) is 7.81. The van der Waals surface area contributed by atoms with Crippen LogP contribution in [-0.4, -0.2) is 46.4 Å². The van der Waals surface area contributed by atoms with Gasteiger partial charge in [0.25, 0.3) is 5.91 Å². The van der Waals surface area contributed by atoms with E-state index in [0.717, 1.165) is 31.2 Å². The Hall–Kier alpha value is -2.68. The smallest absolute Gasteiger partial charge is 0.325 e. The number of hydrogen-bond acceptors (Lipinski definition) is 7. The molecule has 7 nitrogen and oxygen atoms in total. The number of carbonyl (C=O) groups is 2. The average Bonchev–Trinajstić information content (AvgIpc) is 2.80. The first kappa shape index (κ1) is 24.0. The van der Waals surface area contributed by atoms with Crippen molar-refractivity contribution in [3.8, 4) is 5.75 Å². The highest BCUT2D eigenvalue weighted by molar-refractivity contribution is 7.98. The number of rotatable bonds is 8. The Morgan fingerprint density at radius 1 is 1.19 bits per heavy atom. The number of hydrogen-bond donors (Lipinski definition) is 2. The Balaban J connectivity index is 1.65. The molecule has 0 spiro atoms. The van der Waals surface area contributed by atoms with Crippen LogP contribution in [0.1, 0.15) is 60.4 Å². The summed E-state index contributed by atoms with van der Waals surface area (Å²) < 4.78 is 18.0. The van der Waals surface area contributed by atoms with E-state index in [-0.39, 0.29) is 30.4 Å². The molecule has 3 rings (SSSR count). The van der Waals surface area contributed by atoms with Gasteiger partial charge >= 0.3 is 5.97 Å². The maximum absolute atomic E-state index is 13.2. The van der Waals surface area contributed by atoms with E-state index in [2.05, 4.69) is 15.3 Å². The van der Waals surface area contributed by atoms with Crippen LogP contribution in [0.25, 0.3) is 0 Å². The summed E-state index contributed by atoms with van der Waals surface area (Å²) in [5, 5.41) is 13.2. The lowest BCUT2D eigenvalue weighted by molar-refractivity contribution is -0.141. The summed E-state index contributed by atoms with van der Waals surface area (Å²) in [5.41, 5.74) is 1.03. The molecule has 1 fully saturated rings. The molecule has 0 atom stereocenters. The number of benzene rings is 1. The number of ether oxygens (including phenoxy) is 1. The highest BCUT2D eigenvalue weighted by atomic mass is 32.2. The van der Waals surface area contributed by atoms with Crippen LogP contribution >= 0.6 is 11.8 Å².